The molecular formula is C18H24N2Se2Zn. The maximum atomic E-state index is 3.05. The summed E-state index contributed by atoms with van der Waals surface area (Å²) in [6.07, 6.45) is 0. The fourth-order valence-corrected chi connectivity index (χ4v) is 2.84. The molecule has 0 saturated heterocycles. The second-order valence-corrected chi connectivity index (χ2v) is 7.54. The van der Waals surface area contributed by atoms with Gasteiger partial charge in [-0.25, -0.2) is 0 Å². The van der Waals surface area contributed by atoms with Gasteiger partial charge in [0.2, 0.25) is 0 Å². The predicted octanol–water partition coefficient (Wildman–Crippen LogP) is 1.08. The third kappa shape index (κ3) is 9.79. The first kappa shape index (κ1) is 23.0. The minimum atomic E-state index is 0. The largest absolute Gasteiger partial charge is 2.00 e. The molecule has 0 amide bonds. The third-order valence-electron chi connectivity index (χ3n) is 2.92. The van der Waals surface area contributed by atoms with Gasteiger partial charge >= 0.3 is 171 Å². The molecule has 0 heterocycles. The van der Waals surface area contributed by atoms with E-state index in [1.807, 2.05) is 12.1 Å². The molecule has 0 bridgehead atoms. The summed E-state index contributed by atoms with van der Waals surface area (Å²) in [5.74, 6) is 0. The van der Waals surface area contributed by atoms with Crippen molar-refractivity contribution in [2.24, 2.45) is 0 Å². The first-order chi connectivity index (χ1) is 10.4. The van der Waals surface area contributed by atoms with Crippen molar-refractivity contribution >= 4 is 40.9 Å². The molecule has 0 unspecified atom stereocenters. The van der Waals surface area contributed by atoms with E-state index in [1.165, 1.54) is 20.1 Å². The smallest absolute Gasteiger partial charge is 2.00 e. The van der Waals surface area contributed by atoms with Crippen molar-refractivity contribution in [3.05, 3.63) is 59.7 Å². The van der Waals surface area contributed by atoms with Crippen molar-refractivity contribution in [1.82, 2.24) is 9.80 Å². The van der Waals surface area contributed by atoms with Crippen LogP contribution >= 0.6 is 0 Å². The van der Waals surface area contributed by atoms with Crippen LogP contribution in [0, 0.1) is 0 Å². The van der Waals surface area contributed by atoms with Gasteiger partial charge in [-0.15, -0.1) is 0 Å². The van der Waals surface area contributed by atoms with Crippen LogP contribution in [0.3, 0.4) is 0 Å². The normalized spacial score (nSPS) is 10.0. The second-order valence-electron chi connectivity index (χ2n) is 5.69. The standard InChI is InChI=1S/2C9H13NSe.Zn/c2*1-10(2)7-8-5-3-4-6-9(8)11;/h2*3-6,11H,7H2,1-2H3;/q;;+2/p-2. The monoisotopic (exact) mass is 492 g/mol. The number of hydrogen-bond acceptors (Lipinski definition) is 2. The molecule has 23 heavy (non-hydrogen) atoms. The molecule has 0 radical (unpaired) electrons. The summed E-state index contributed by atoms with van der Waals surface area (Å²) < 4.78 is 2.50. The summed E-state index contributed by atoms with van der Waals surface area (Å²) in [6, 6.07) is 16.7. The van der Waals surface area contributed by atoms with Crippen molar-refractivity contribution in [3.63, 3.8) is 0 Å². The van der Waals surface area contributed by atoms with Gasteiger partial charge in [-0.3, -0.25) is 0 Å². The molecule has 5 heteroatoms. The molecule has 0 spiro atoms. The van der Waals surface area contributed by atoms with E-state index in [2.05, 4.69) is 106 Å². The molecule has 0 aliphatic carbocycles. The van der Waals surface area contributed by atoms with Crippen LogP contribution in [0.2, 0.25) is 0 Å². The zero-order chi connectivity index (χ0) is 16.5. The summed E-state index contributed by atoms with van der Waals surface area (Å²) >= 11 is 6.10. The van der Waals surface area contributed by atoms with E-state index in [4.69, 9.17) is 0 Å². The van der Waals surface area contributed by atoms with Gasteiger partial charge in [-0.1, -0.05) is 0 Å². The number of rotatable bonds is 4. The molecule has 0 saturated carbocycles. The van der Waals surface area contributed by atoms with E-state index in [0.29, 0.717) is 0 Å². The molecule has 0 N–H and O–H groups in total. The minimum Gasteiger partial charge on any atom is 2.00 e. The Balaban J connectivity index is 0.000000403. The van der Waals surface area contributed by atoms with Gasteiger partial charge in [0, 0.05) is 0 Å². The van der Waals surface area contributed by atoms with Crippen LogP contribution < -0.4 is 8.92 Å². The molecule has 2 aromatic rings. The first-order valence-electron chi connectivity index (χ1n) is 7.19. The van der Waals surface area contributed by atoms with Crippen LogP contribution in [0.4, 0.5) is 0 Å². The van der Waals surface area contributed by atoms with E-state index >= 15 is 0 Å². The number of nitrogens with zero attached hydrogens (tertiary/aromatic N) is 2. The first-order valence-corrected chi connectivity index (χ1v) is 8.90. The summed E-state index contributed by atoms with van der Waals surface area (Å²) in [6.45, 7) is 2.01. The molecule has 0 aliphatic heterocycles. The zero-order valence-electron chi connectivity index (χ0n) is 14.5. The minimum absolute atomic E-state index is 0. The Morgan fingerprint density at radius 3 is 1.22 bits per heavy atom. The quantitative estimate of drug-likeness (QED) is 0.591. The van der Waals surface area contributed by atoms with E-state index in [0.717, 1.165) is 13.1 Å². The maximum Gasteiger partial charge on any atom is 2.00 e. The SMILES string of the molecule is CN(C)Cc1ccccc1[Se-].CN(C)Cc1ccccc1[Se-].[Zn+2]. The molecule has 0 fully saturated rings. The number of benzene rings is 2. The van der Waals surface area contributed by atoms with Gasteiger partial charge in [0.25, 0.3) is 0 Å². The Labute approximate surface area is 170 Å². The Morgan fingerprint density at radius 2 is 0.957 bits per heavy atom. The molecule has 0 atom stereocenters. The summed E-state index contributed by atoms with van der Waals surface area (Å²) in [5, 5.41) is 0. The summed E-state index contributed by atoms with van der Waals surface area (Å²) in [7, 11) is 8.30. The molecule has 2 nitrogen and oxygen atoms in total. The van der Waals surface area contributed by atoms with Crippen LogP contribution in [-0.4, -0.2) is 70.0 Å². The van der Waals surface area contributed by atoms with Crippen LogP contribution in [0.25, 0.3) is 0 Å². The van der Waals surface area contributed by atoms with Crippen molar-refractivity contribution in [3.8, 4) is 0 Å². The molecular weight excluding hydrogens is 468 g/mol. The van der Waals surface area contributed by atoms with Crippen LogP contribution in [0.1, 0.15) is 11.1 Å². The Kier molecular flexibility index (Phi) is 12.4. The Bertz CT molecular complexity index is 523. The maximum absolute atomic E-state index is 3.05. The topological polar surface area (TPSA) is 6.48 Å². The van der Waals surface area contributed by atoms with Gasteiger partial charge in [-0.05, 0) is 0 Å². The Morgan fingerprint density at radius 1 is 0.652 bits per heavy atom. The van der Waals surface area contributed by atoms with Crippen LogP contribution in [0.15, 0.2) is 48.5 Å². The van der Waals surface area contributed by atoms with Crippen molar-refractivity contribution < 1.29 is 19.5 Å². The summed E-state index contributed by atoms with van der Waals surface area (Å²) in [5.41, 5.74) is 2.72. The van der Waals surface area contributed by atoms with E-state index < -0.39 is 0 Å². The fraction of sp³-hybridized carbons (Fsp3) is 0.333. The fourth-order valence-electron chi connectivity index (χ4n) is 1.95. The van der Waals surface area contributed by atoms with Crippen molar-refractivity contribution in [1.29, 1.82) is 0 Å². The van der Waals surface area contributed by atoms with Crippen molar-refractivity contribution in [2.75, 3.05) is 28.2 Å². The van der Waals surface area contributed by atoms with Gasteiger partial charge in [-0.2, -0.15) is 0 Å². The van der Waals surface area contributed by atoms with Gasteiger partial charge in [0.1, 0.15) is 0 Å². The van der Waals surface area contributed by atoms with E-state index in [-0.39, 0.29) is 19.5 Å². The Hall–Kier alpha value is 0.0223. The van der Waals surface area contributed by atoms with Gasteiger partial charge < -0.3 is 0 Å². The average Bonchev–Trinajstić information content (AvgIpc) is 2.44. The van der Waals surface area contributed by atoms with E-state index in [9.17, 15) is 0 Å². The van der Waals surface area contributed by atoms with Gasteiger partial charge in [0.15, 0.2) is 0 Å². The molecule has 0 aromatic heterocycles. The molecule has 0 aliphatic rings. The van der Waals surface area contributed by atoms with Crippen LogP contribution in [0.5, 0.6) is 0 Å². The molecule has 120 valence electrons. The second kappa shape index (κ2) is 12.4. The third-order valence-corrected chi connectivity index (χ3v) is 4.59. The number of hydrogen-bond donors (Lipinski definition) is 0. The van der Waals surface area contributed by atoms with E-state index in [1.54, 1.807) is 0 Å². The van der Waals surface area contributed by atoms with Crippen LogP contribution in [-0.2, 0) is 32.6 Å². The zero-order valence-corrected chi connectivity index (χ0v) is 20.8. The van der Waals surface area contributed by atoms with Crippen molar-refractivity contribution in [2.45, 2.75) is 13.1 Å². The summed E-state index contributed by atoms with van der Waals surface area (Å²) in [4.78, 5) is 4.33. The molecule has 2 aromatic carbocycles. The molecule has 2 rings (SSSR count). The predicted molar refractivity (Wildman–Crippen MR) is 98.4 cm³/mol. The van der Waals surface area contributed by atoms with Gasteiger partial charge in [0.05, 0.1) is 0 Å². The average molecular weight is 492 g/mol.